The maximum Gasteiger partial charge on any atom is 0.340 e. The Morgan fingerprint density at radius 3 is 2.06 bits per heavy atom. The lowest BCUT2D eigenvalue weighted by molar-refractivity contribution is -0.165. The van der Waals surface area contributed by atoms with E-state index in [0.29, 0.717) is 24.7 Å². The molecular formula is C30H34O4. The summed E-state index contributed by atoms with van der Waals surface area (Å²) in [5.74, 6) is 0.0808. The summed E-state index contributed by atoms with van der Waals surface area (Å²) in [5, 5.41) is 9.82. The normalized spacial score (nSPS) is 14.3. The van der Waals surface area contributed by atoms with E-state index in [2.05, 4.69) is 55.5 Å². The lowest BCUT2D eigenvalue weighted by Crippen LogP contribution is -2.35. The Morgan fingerprint density at radius 1 is 0.853 bits per heavy atom. The maximum atomic E-state index is 12.0. The SMILES string of the molecule is CCCCCCOC(C)(C(=O)O)c1ccc(OCCC2c3ccccc3-c3ccccc32)cc1. The van der Waals surface area contributed by atoms with E-state index in [9.17, 15) is 9.90 Å². The smallest absolute Gasteiger partial charge is 0.340 e. The first-order valence-corrected chi connectivity index (χ1v) is 12.3. The van der Waals surface area contributed by atoms with Crippen LogP contribution >= 0.6 is 0 Å². The van der Waals surface area contributed by atoms with Crippen LogP contribution in [0.15, 0.2) is 72.8 Å². The van der Waals surface area contributed by atoms with Gasteiger partial charge >= 0.3 is 5.97 Å². The molecule has 0 aliphatic heterocycles. The van der Waals surface area contributed by atoms with Crippen LogP contribution in [0.5, 0.6) is 5.75 Å². The fourth-order valence-electron chi connectivity index (χ4n) is 4.81. The fraction of sp³-hybridized carbons (Fsp3) is 0.367. The van der Waals surface area contributed by atoms with Crippen molar-refractivity contribution in [3.05, 3.63) is 89.5 Å². The van der Waals surface area contributed by atoms with Gasteiger partial charge in [-0.25, -0.2) is 4.79 Å². The van der Waals surface area contributed by atoms with Crippen molar-refractivity contribution in [3.63, 3.8) is 0 Å². The number of carboxylic acid groups (broad SMARTS) is 1. The molecule has 0 aromatic heterocycles. The summed E-state index contributed by atoms with van der Waals surface area (Å²) in [6.45, 7) is 4.79. The van der Waals surface area contributed by atoms with Crippen molar-refractivity contribution >= 4 is 5.97 Å². The van der Waals surface area contributed by atoms with Gasteiger partial charge in [-0.3, -0.25) is 0 Å². The Bertz CT molecular complexity index is 1060. The third-order valence-electron chi connectivity index (χ3n) is 6.84. The van der Waals surface area contributed by atoms with Crippen LogP contribution in [0, 0.1) is 0 Å². The Labute approximate surface area is 202 Å². The summed E-state index contributed by atoms with van der Waals surface area (Å²) in [7, 11) is 0. The topological polar surface area (TPSA) is 55.8 Å². The number of aliphatic carboxylic acids is 1. The fourth-order valence-corrected chi connectivity index (χ4v) is 4.81. The van der Waals surface area contributed by atoms with Crippen molar-refractivity contribution in [3.8, 4) is 16.9 Å². The maximum absolute atomic E-state index is 12.0. The molecule has 0 saturated carbocycles. The second kappa shape index (κ2) is 10.9. The van der Waals surface area contributed by atoms with E-state index in [1.807, 2.05) is 12.1 Å². The number of hydrogen-bond donors (Lipinski definition) is 1. The molecular weight excluding hydrogens is 424 g/mol. The second-order valence-corrected chi connectivity index (χ2v) is 9.14. The third kappa shape index (κ3) is 5.02. The first-order chi connectivity index (χ1) is 16.5. The highest BCUT2D eigenvalue weighted by molar-refractivity contribution is 5.79. The quantitative estimate of drug-likeness (QED) is 0.292. The number of unbranched alkanes of at least 4 members (excludes halogenated alkanes) is 3. The van der Waals surface area contributed by atoms with Gasteiger partial charge < -0.3 is 14.6 Å². The Balaban J connectivity index is 1.37. The first-order valence-electron chi connectivity index (χ1n) is 12.3. The highest BCUT2D eigenvalue weighted by Crippen LogP contribution is 2.46. The van der Waals surface area contributed by atoms with Crippen molar-refractivity contribution in [1.82, 2.24) is 0 Å². The Kier molecular flexibility index (Phi) is 7.69. The van der Waals surface area contributed by atoms with Gasteiger partial charge in [0.2, 0.25) is 0 Å². The van der Waals surface area contributed by atoms with Crippen molar-refractivity contribution in [2.45, 2.75) is 57.5 Å². The molecule has 0 amide bonds. The zero-order valence-electron chi connectivity index (χ0n) is 20.1. The van der Waals surface area contributed by atoms with Crippen LogP contribution in [0.3, 0.4) is 0 Å². The van der Waals surface area contributed by atoms with E-state index < -0.39 is 11.6 Å². The molecule has 1 aliphatic carbocycles. The van der Waals surface area contributed by atoms with Gasteiger partial charge in [0, 0.05) is 12.5 Å². The summed E-state index contributed by atoms with van der Waals surface area (Å²) >= 11 is 0. The van der Waals surface area contributed by atoms with Crippen LogP contribution in [0.4, 0.5) is 0 Å². The minimum atomic E-state index is -1.36. The Morgan fingerprint density at radius 2 is 1.47 bits per heavy atom. The van der Waals surface area contributed by atoms with E-state index >= 15 is 0 Å². The van der Waals surface area contributed by atoms with Crippen LogP contribution < -0.4 is 4.74 Å². The molecule has 4 heteroatoms. The number of hydrogen-bond acceptors (Lipinski definition) is 3. The number of benzene rings is 3. The van der Waals surface area contributed by atoms with Gasteiger partial charge in [0.25, 0.3) is 0 Å². The molecule has 178 valence electrons. The number of rotatable bonds is 12. The largest absolute Gasteiger partial charge is 0.494 e. The standard InChI is InChI=1S/C30H34O4/c1-3-4-5-10-20-34-30(2,29(31)32)22-15-17-23(18-16-22)33-21-19-28-26-13-8-6-11-24(26)25-12-7-9-14-27(25)28/h6-9,11-18,28H,3-5,10,19-21H2,1-2H3,(H,31,32). The molecule has 34 heavy (non-hydrogen) atoms. The van der Waals surface area contributed by atoms with Gasteiger partial charge in [-0.05, 0) is 59.7 Å². The summed E-state index contributed by atoms with van der Waals surface area (Å²) in [6, 6.07) is 24.5. The van der Waals surface area contributed by atoms with Crippen LogP contribution in [0.1, 0.15) is 68.6 Å². The molecule has 0 heterocycles. The number of ether oxygens (including phenoxy) is 2. The summed E-state index contributed by atoms with van der Waals surface area (Å²) in [5.41, 5.74) is 4.61. The molecule has 3 aromatic rings. The minimum absolute atomic E-state index is 0.322. The van der Waals surface area contributed by atoms with Crippen LogP contribution in [-0.4, -0.2) is 24.3 Å². The molecule has 0 saturated heterocycles. The van der Waals surface area contributed by atoms with Gasteiger partial charge in [-0.15, -0.1) is 0 Å². The molecule has 0 bridgehead atoms. The molecule has 3 aromatic carbocycles. The van der Waals surface area contributed by atoms with Crippen molar-refractivity contribution in [2.24, 2.45) is 0 Å². The number of carbonyl (C=O) groups is 1. The number of carboxylic acids is 1. The highest BCUT2D eigenvalue weighted by Gasteiger charge is 2.36. The van der Waals surface area contributed by atoms with E-state index in [-0.39, 0.29) is 0 Å². The summed E-state index contributed by atoms with van der Waals surface area (Å²) in [6.07, 6.45) is 5.07. The molecule has 1 aliphatic rings. The van der Waals surface area contributed by atoms with E-state index in [1.165, 1.54) is 22.3 Å². The zero-order valence-corrected chi connectivity index (χ0v) is 20.1. The predicted octanol–water partition coefficient (Wildman–Crippen LogP) is 7.16. The molecule has 0 spiro atoms. The van der Waals surface area contributed by atoms with Crippen molar-refractivity contribution < 1.29 is 19.4 Å². The van der Waals surface area contributed by atoms with Crippen LogP contribution in [-0.2, 0) is 15.1 Å². The summed E-state index contributed by atoms with van der Waals surface area (Å²) in [4.78, 5) is 12.0. The molecule has 1 unspecified atom stereocenters. The minimum Gasteiger partial charge on any atom is -0.494 e. The second-order valence-electron chi connectivity index (χ2n) is 9.14. The average molecular weight is 459 g/mol. The van der Waals surface area contributed by atoms with Gasteiger partial charge in [0.05, 0.1) is 6.61 Å². The third-order valence-corrected chi connectivity index (χ3v) is 6.84. The monoisotopic (exact) mass is 458 g/mol. The highest BCUT2D eigenvalue weighted by atomic mass is 16.5. The lowest BCUT2D eigenvalue weighted by Gasteiger charge is -2.26. The van der Waals surface area contributed by atoms with Gasteiger partial charge in [0.1, 0.15) is 5.75 Å². The molecule has 4 rings (SSSR count). The van der Waals surface area contributed by atoms with Crippen LogP contribution in [0.2, 0.25) is 0 Å². The molecule has 1 atom stereocenters. The van der Waals surface area contributed by atoms with E-state index in [4.69, 9.17) is 9.47 Å². The van der Waals surface area contributed by atoms with Crippen molar-refractivity contribution in [2.75, 3.05) is 13.2 Å². The molecule has 0 radical (unpaired) electrons. The van der Waals surface area contributed by atoms with E-state index in [0.717, 1.165) is 37.9 Å². The first kappa shape index (κ1) is 24.0. The Hall–Kier alpha value is -3.11. The zero-order chi connectivity index (χ0) is 24.0. The average Bonchev–Trinajstić information content (AvgIpc) is 3.18. The van der Waals surface area contributed by atoms with Crippen LogP contribution in [0.25, 0.3) is 11.1 Å². The van der Waals surface area contributed by atoms with Gasteiger partial charge in [-0.2, -0.15) is 0 Å². The number of fused-ring (bicyclic) bond motifs is 3. The molecule has 4 nitrogen and oxygen atoms in total. The predicted molar refractivity (Wildman–Crippen MR) is 135 cm³/mol. The van der Waals surface area contributed by atoms with Gasteiger partial charge in [-0.1, -0.05) is 86.8 Å². The summed E-state index contributed by atoms with van der Waals surface area (Å²) < 4.78 is 11.9. The van der Waals surface area contributed by atoms with Gasteiger partial charge in [0.15, 0.2) is 5.60 Å². The molecule has 1 N–H and O–H groups in total. The lowest BCUT2D eigenvalue weighted by atomic mass is 9.94. The van der Waals surface area contributed by atoms with E-state index in [1.54, 1.807) is 19.1 Å². The molecule has 0 fully saturated rings. The van der Waals surface area contributed by atoms with Crippen molar-refractivity contribution in [1.29, 1.82) is 0 Å².